The van der Waals surface area contributed by atoms with Gasteiger partial charge in [-0.1, -0.05) is 60.7 Å². The summed E-state index contributed by atoms with van der Waals surface area (Å²) in [5.41, 5.74) is 2.82. The summed E-state index contributed by atoms with van der Waals surface area (Å²) in [5.74, 6) is 0. The first kappa shape index (κ1) is 16.9. The highest BCUT2D eigenvalue weighted by atomic mass is 16.3. The molecule has 1 aliphatic heterocycles. The Morgan fingerprint density at radius 2 is 1.86 bits per heavy atom. The molecule has 3 aromatic carbocycles. The van der Waals surface area contributed by atoms with Crippen molar-refractivity contribution in [3.8, 4) is 0 Å². The molecule has 0 saturated carbocycles. The number of nitrogens with one attached hydrogen (secondary N) is 1. The molecule has 0 radical (unpaired) electrons. The summed E-state index contributed by atoms with van der Waals surface area (Å²) in [7, 11) is 0. The first-order chi connectivity index (χ1) is 13.7. The number of carbonyl (C=O) groups excluding carboxylic acids is 1. The third-order valence-corrected chi connectivity index (χ3v) is 5.57. The summed E-state index contributed by atoms with van der Waals surface area (Å²) >= 11 is 0. The number of benzene rings is 3. The normalized spacial score (nSPS) is 21.7. The van der Waals surface area contributed by atoms with Crippen LogP contribution in [0.4, 0.5) is 0 Å². The van der Waals surface area contributed by atoms with E-state index in [0.717, 1.165) is 33.9 Å². The number of aldehydes is 1. The Balaban J connectivity index is 1.71. The largest absolute Gasteiger partial charge is 0.367 e. The zero-order valence-corrected chi connectivity index (χ0v) is 15.1. The summed E-state index contributed by atoms with van der Waals surface area (Å²) in [5, 5.41) is 20.0. The summed E-state index contributed by atoms with van der Waals surface area (Å²) in [6, 6.07) is 22.7. The average Bonchev–Trinajstić information content (AvgIpc) is 3.30. The smallest absolute Gasteiger partial charge is 0.172 e. The molecule has 2 unspecified atom stereocenters. The van der Waals surface area contributed by atoms with Crippen molar-refractivity contribution in [2.75, 3.05) is 0 Å². The maximum Gasteiger partial charge on any atom is 0.172 e. The van der Waals surface area contributed by atoms with Crippen LogP contribution in [0.15, 0.2) is 79.0 Å². The van der Waals surface area contributed by atoms with Crippen molar-refractivity contribution in [2.24, 2.45) is 0 Å². The molecule has 5 nitrogen and oxygen atoms in total. The molecule has 0 aliphatic carbocycles. The molecule has 0 spiro atoms. The SMILES string of the molecule is O=CC1c2ccccc2C(O)(c2ccc3[nH]ncc3c2)N1Cc1ccccc1. The number of H-pyrrole nitrogens is 1. The molecule has 4 aromatic rings. The van der Waals surface area contributed by atoms with Gasteiger partial charge in [0, 0.05) is 23.1 Å². The number of aromatic nitrogens is 2. The molecule has 2 atom stereocenters. The minimum atomic E-state index is -1.41. The number of hydrogen-bond acceptors (Lipinski definition) is 4. The quantitative estimate of drug-likeness (QED) is 0.540. The van der Waals surface area contributed by atoms with Gasteiger partial charge >= 0.3 is 0 Å². The number of nitrogens with zero attached hydrogens (tertiary/aromatic N) is 2. The predicted molar refractivity (Wildman–Crippen MR) is 106 cm³/mol. The number of fused-ring (bicyclic) bond motifs is 2. The standard InChI is InChI=1S/C23H19N3O2/c27-15-22-19-8-4-5-9-20(19)23(28,26(22)14-16-6-2-1-3-7-16)18-10-11-21-17(12-18)13-24-25-21/h1-13,15,22,28H,14H2,(H,24,25). The van der Waals surface area contributed by atoms with Crippen molar-refractivity contribution < 1.29 is 9.90 Å². The van der Waals surface area contributed by atoms with Crippen LogP contribution in [0.25, 0.3) is 10.9 Å². The molecule has 2 N–H and O–H groups in total. The fraction of sp³-hybridized carbons (Fsp3) is 0.130. The highest BCUT2D eigenvalue weighted by molar-refractivity contribution is 5.79. The number of aliphatic hydroxyl groups is 1. The third-order valence-electron chi connectivity index (χ3n) is 5.57. The zero-order chi connectivity index (χ0) is 19.1. The summed E-state index contributed by atoms with van der Waals surface area (Å²) < 4.78 is 0. The van der Waals surface area contributed by atoms with Crippen molar-refractivity contribution in [3.05, 3.63) is 101 Å². The van der Waals surface area contributed by atoms with E-state index in [2.05, 4.69) is 10.2 Å². The molecule has 5 rings (SSSR count). The minimum Gasteiger partial charge on any atom is -0.367 e. The van der Waals surface area contributed by atoms with Crippen LogP contribution >= 0.6 is 0 Å². The van der Waals surface area contributed by atoms with E-state index < -0.39 is 11.8 Å². The molecular weight excluding hydrogens is 350 g/mol. The Morgan fingerprint density at radius 1 is 1.07 bits per heavy atom. The van der Waals surface area contributed by atoms with E-state index >= 15 is 0 Å². The lowest BCUT2D eigenvalue weighted by Gasteiger charge is -2.36. The number of carbonyl (C=O) groups is 1. The highest BCUT2D eigenvalue weighted by Crippen LogP contribution is 2.48. The fourth-order valence-electron chi connectivity index (χ4n) is 4.22. The molecule has 0 bridgehead atoms. The van der Waals surface area contributed by atoms with E-state index in [9.17, 15) is 9.90 Å². The van der Waals surface area contributed by atoms with Gasteiger partial charge in [0.15, 0.2) is 5.72 Å². The lowest BCUT2D eigenvalue weighted by Crippen LogP contribution is -2.43. The van der Waals surface area contributed by atoms with Crippen LogP contribution in [0, 0.1) is 0 Å². The van der Waals surface area contributed by atoms with Crippen LogP contribution in [0.5, 0.6) is 0 Å². The maximum atomic E-state index is 12.1. The van der Waals surface area contributed by atoms with Gasteiger partial charge in [-0.15, -0.1) is 0 Å². The molecule has 1 aromatic heterocycles. The van der Waals surface area contributed by atoms with Crippen LogP contribution in [-0.4, -0.2) is 26.5 Å². The Morgan fingerprint density at radius 3 is 2.68 bits per heavy atom. The van der Waals surface area contributed by atoms with Crippen molar-refractivity contribution in [2.45, 2.75) is 18.3 Å². The van der Waals surface area contributed by atoms with Gasteiger partial charge in [0.05, 0.1) is 17.8 Å². The van der Waals surface area contributed by atoms with Crippen molar-refractivity contribution in [1.29, 1.82) is 0 Å². The lowest BCUT2D eigenvalue weighted by molar-refractivity contribution is -0.126. The van der Waals surface area contributed by atoms with Gasteiger partial charge in [-0.25, -0.2) is 4.90 Å². The molecule has 138 valence electrons. The Hall–Kier alpha value is -3.28. The second-order valence-corrected chi connectivity index (χ2v) is 7.13. The van der Waals surface area contributed by atoms with Gasteiger partial charge in [0.25, 0.3) is 0 Å². The molecule has 5 heteroatoms. The maximum absolute atomic E-state index is 12.1. The van der Waals surface area contributed by atoms with Crippen LogP contribution in [0.2, 0.25) is 0 Å². The van der Waals surface area contributed by atoms with Gasteiger partial charge in [-0.3, -0.25) is 5.10 Å². The first-order valence-corrected chi connectivity index (χ1v) is 9.23. The van der Waals surface area contributed by atoms with E-state index in [4.69, 9.17) is 0 Å². The molecule has 2 heterocycles. The molecule has 0 fully saturated rings. The second-order valence-electron chi connectivity index (χ2n) is 7.13. The van der Waals surface area contributed by atoms with Gasteiger partial charge in [0.1, 0.15) is 6.29 Å². The van der Waals surface area contributed by atoms with Crippen LogP contribution in [0.3, 0.4) is 0 Å². The fourth-order valence-corrected chi connectivity index (χ4v) is 4.22. The second kappa shape index (κ2) is 6.41. The predicted octanol–water partition coefficient (Wildman–Crippen LogP) is 3.51. The molecule has 1 aliphatic rings. The third kappa shape index (κ3) is 2.41. The molecule has 28 heavy (non-hydrogen) atoms. The van der Waals surface area contributed by atoms with Crippen molar-refractivity contribution in [3.63, 3.8) is 0 Å². The topological polar surface area (TPSA) is 69.2 Å². The molecule has 0 amide bonds. The van der Waals surface area contributed by atoms with E-state index in [1.807, 2.05) is 77.7 Å². The monoisotopic (exact) mass is 369 g/mol. The number of rotatable bonds is 4. The van der Waals surface area contributed by atoms with Gasteiger partial charge in [-0.05, 0) is 23.3 Å². The Bertz CT molecular complexity index is 1150. The number of hydrogen-bond donors (Lipinski definition) is 2. The molecular formula is C23H19N3O2. The average molecular weight is 369 g/mol. The van der Waals surface area contributed by atoms with Gasteiger partial charge < -0.3 is 9.90 Å². The van der Waals surface area contributed by atoms with E-state index in [0.29, 0.717) is 12.1 Å². The summed E-state index contributed by atoms with van der Waals surface area (Å²) in [6.07, 6.45) is 2.65. The van der Waals surface area contributed by atoms with Crippen molar-refractivity contribution in [1.82, 2.24) is 15.1 Å². The van der Waals surface area contributed by atoms with Gasteiger partial charge in [0.2, 0.25) is 0 Å². The van der Waals surface area contributed by atoms with E-state index in [1.165, 1.54) is 0 Å². The zero-order valence-electron chi connectivity index (χ0n) is 15.1. The summed E-state index contributed by atoms with van der Waals surface area (Å²) in [4.78, 5) is 14.0. The van der Waals surface area contributed by atoms with E-state index in [-0.39, 0.29) is 0 Å². The Kier molecular flexibility index (Phi) is 3.86. The highest BCUT2D eigenvalue weighted by Gasteiger charge is 2.50. The van der Waals surface area contributed by atoms with Crippen molar-refractivity contribution >= 4 is 17.2 Å². The van der Waals surface area contributed by atoms with Crippen LogP contribution in [-0.2, 0) is 17.1 Å². The first-order valence-electron chi connectivity index (χ1n) is 9.23. The lowest BCUT2D eigenvalue weighted by atomic mass is 9.92. The minimum absolute atomic E-state index is 0.443. The Labute approximate surface area is 162 Å². The van der Waals surface area contributed by atoms with E-state index in [1.54, 1.807) is 6.20 Å². The molecule has 0 saturated heterocycles. The van der Waals surface area contributed by atoms with Gasteiger partial charge in [-0.2, -0.15) is 5.10 Å². The number of aromatic amines is 1. The van der Waals surface area contributed by atoms with Crippen LogP contribution < -0.4 is 0 Å². The van der Waals surface area contributed by atoms with Crippen LogP contribution in [0.1, 0.15) is 28.3 Å². The summed E-state index contributed by atoms with van der Waals surface area (Å²) in [6.45, 7) is 0.443.